The highest BCUT2D eigenvalue weighted by Gasteiger charge is 2.27. The summed E-state index contributed by atoms with van der Waals surface area (Å²) in [5.41, 5.74) is 0. The van der Waals surface area contributed by atoms with Crippen molar-refractivity contribution in [1.29, 1.82) is 0 Å². The predicted octanol–water partition coefficient (Wildman–Crippen LogP) is 0.175. The van der Waals surface area contributed by atoms with Crippen molar-refractivity contribution >= 4 is 39.3 Å². The van der Waals surface area contributed by atoms with Crippen LogP contribution < -0.4 is 14.4 Å². The largest absolute Gasteiger partial charge is 0.477 e. The normalized spacial score (nSPS) is 10.9. The van der Waals surface area contributed by atoms with Gasteiger partial charge in [-0.2, -0.15) is 9.97 Å². The van der Waals surface area contributed by atoms with Crippen LogP contribution in [0.5, 0.6) is 6.01 Å². The quantitative estimate of drug-likeness (QED) is 0.747. The minimum absolute atomic E-state index is 0.0616. The second-order valence-electron chi connectivity index (χ2n) is 4.16. The molecule has 0 aliphatic heterocycles. The van der Waals surface area contributed by atoms with Crippen LogP contribution in [-0.4, -0.2) is 54.6 Å². The van der Waals surface area contributed by atoms with E-state index >= 15 is 0 Å². The second kappa shape index (κ2) is 6.76. The summed E-state index contributed by atoms with van der Waals surface area (Å²) in [7, 11) is -1.83. The van der Waals surface area contributed by atoms with Crippen LogP contribution in [-0.2, 0) is 10.0 Å². The maximum absolute atomic E-state index is 12.2. The van der Waals surface area contributed by atoms with Crippen molar-refractivity contribution < 1.29 is 27.9 Å². The van der Waals surface area contributed by atoms with Crippen molar-refractivity contribution in [3.8, 4) is 6.01 Å². The molecule has 13 heteroatoms. The van der Waals surface area contributed by atoms with Crippen molar-refractivity contribution in [1.82, 2.24) is 19.7 Å². The third kappa shape index (κ3) is 3.57. The van der Waals surface area contributed by atoms with Gasteiger partial charge >= 0.3 is 18.0 Å². The van der Waals surface area contributed by atoms with Gasteiger partial charge in [0.15, 0.2) is 0 Å². The number of hydrogen-bond acceptors (Lipinski definition) is 9. The monoisotopic (exact) mass is 373 g/mol. The van der Waals surface area contributed by atoms with Crippen molar-refractivity contribution in [2.24, 2.45) is 0 Å². The lowest BCUT2D eigenvalue weighted by Gasteiger charge is -2.15. The van der Waals surface area contributed by atoms with E-state index in [9.17, 15) is 18.0 Å². The number of aromatic nitrogens is 3. The van der Waals surface area contributed by atoms with Gasteiger partial charge in [0.2, 0.25) is 5.95 Å². The Bertz CT molecular complexity index is 881. The Morgan fingerprint density at radius 2 is 2.08 bits per heavy atom. The van der Waals surface area contributed by atoms with Crippen LogP contribution in [0.25, 0.3) is 0 Å². The summed E-state index contributed by atoms with van der Waals surface area (Å²) >= 11 is 0.728. The van der Waals surface area contributed by atoms with Gasteiger partial charge < -0.3 is 9.84 Å². The van der Waals surface area contributed by atoms with Crippen LogP contribution in [0, 0.1) is 0 Å². The summed E-state index contributed by atoms with van der Waals surface area (Å²) in [6.45, 7) is 0. The molecule has 0 saturated carbocycles. The number of methoxy groups -OCH3 is 1. The van der Waals surface area contributed by atoms with E-state index in [2.05, 4.69) is 15.0 Å². The van der Waals surface area contributed by atoms with E-state index < -0.39 is 31.8 Å². The van der Waals surface area contributed by atoms with Gasteiger partial charge in [0.05, 0.1) is 7.11 Å². The van der Waals surface area contributed by atoms with Crippen LogP contribution in [0.1, 0.15) is 9.67 Å². The summed E-state index contributed by atoms with van der Waals surface area (Å²) in [6.07, 6.45) is 1.08. The number of aromatic carboxylic acids is 1. The molecule has 2 heterocycles. The van der Waals surface area contributed by atoms with Crippen LogP contribution in [0.4, 0.5) is 10.7 Å². The number of hydrogen-bond donors (Lipinski definition) is 2. The van der Waals surface area contributed by atoms with E-state index in [1.165, 1.54) is 19.5 Å². The van der Waals surface area contributed by atoms with E-state index in [4.69, 9.17) is 9.84 Å². The van der Waals surface area contributed by atoms with Gasteiger partial charge in [0.1, 0.15) is 16.1 Å². The number of amides is 2. The lowest BCUT2D eigenvalue weighted by molar-refractivity contribution is 0.0698. The molecule has 0 saturated heterocycles. The van der Waals surface area contributed by atoms with Crippen LogP contribution >= 0.6 is 11.3 Å². The van der Waals surface area contributed by atoms with Gasteiger partial charge in [-0.05, 0) is 11.4 Å². The first-order valence-corrected chi connectivity index (χ1v) is 8.47. The number of urea groups is 1. The van der Waals surface area contributed by atoms with Crippen molar-refractivity contribution in [2.75, 3.05) is 19.1 Å². The van der Waals surface area contributed by atoms with Crippen molar-refractivity contribution in [3.05, 3.63) is 22.7 Å². The lowest BCUT2D eigenvalue weighted by Crippen LogP contribution is -2.41. The average Bonchev–Trinajstić information content (AvgIpc) is 3.04. The zero-order chi connectivity index (χ0) is 17.9. The number of carboxylic acids is 1. The number of rotatable bonds is 5. The zero-order valence-corrected chi connectivity index (χ0v) is 14.0. The minimum Gasteiger partial charge on any atom is -0.477 e. The molecule has 0 aliphatic rings. The molecule has 0 bridgehead atoms. The minimum atomic E-state index is -4.37. The maximum Gasteiger partial charge on any atom is 0.347 e. The Kier molecular flexibility index (Phi) is 4.94. The van der Waals surface area contributed by atoms with Gasteiger partial charge in [-0.15, -0.1) is 11.3 Å². The lowest BCUT2D eigenvalue weighted by atomic mass is 10.5. The van der Waals surface area contributed by atoms with E-state index in [-0.39, 0.29) is 12.0 Å². The molecule has 0 fully saturated rings. The summed E-state index contributed by atoms with van der Waals surface area (Å²) < 4.78 is 30.9. The molecule has 2 aromatic heterocycles. The summed E-state index contributed by atoms with van der Waals surface area (Å²) in [6, 6.07) is -0.0466. The second-order valence-corrected chi connectivity index (χ2v) is 6.73. The fourth-order valence-corrected chi connectivity index (χ4v) is 3.77. The molecule has 2 amide bonds. The van der Waals surface area contributed by atoms with Crippen molar-refractivity contribution in [3.63, 3.8) is 0 Å². The van der Waals surface area contributed by atoms with Gasteiger partial charge in [-0.25, -0.2) is 27.7 Å². The molecular weight excluding hydrogens is 362 g/mol. The molecule has 128 valence electrons. The highest BCUT2D eigenvalue weighted by Crippen LogP contribution is 2.22. The van der Waals surface area contributed by atoms with Gasteiger partial charge in [0, 0.05) is 7.05 Å². The Labute approximate surface area is 140 Å². The number of carbonyl (C=O) groups is 2. The van der Waals surface area contributed by atoms with Gasteiger partial charge in [-0.1, -0.05) is 0 Å². The first-order valence-electron chi connectivity index (χ1n) is 6.10. The molecule has 0 aliphatic carbocycles. The number of nitrogens with zero attached hydrogens (tertiary/aromatic N) is 4. The highest BCUT2D eigenvalue weighted by molar-refractivity contribution is 7.90. The number of ether oxygens (including phenoxy) is 1. The molecule has 0 aromatic carbocycles. The smallest absolute Gasteiger partial charge is 0.347 e. The molecule has 24 heavy (non-hydrogen) atoms. The molecule has 0 atom stereocenters. The number of thiophene rings is 1. The molecule has 2 rings (SSSR count). The Morgan fingerprint density at radius 3 is 2.71 bits per heavy atom. The van der Waals surface area contributed by atoms with Crippen LogP contribution in [0.2, 0.25) is 0 Å². The summed E-state index contributed by atoms with van der Waals surface area (Å²) in [4.78, 5) is 34.2. The first kappa shape index (κ1) is 17.6. The highest BCUT2D eigenvalue weighted by atomic mass is 32.2. The van der Waals surface area contributed by atoms with E-state index in [0.29, 0.717) is 0 Å². The number of carboxylic acid groups (broad SMARTS) is 1. The van der Waals surface area contributed by atoms with Crippen LogP contribution in [0.3, 0.4) is 0 Å². The van der Waals surface area contributed by atoms with Crippen LogP contribution in [0.15, 0.2) is 22.7 Å². The third-order valence-electron chi connectivity index (χ3n) is 2.66. The molecule has 0 spiro atoms. The molecule has 2 aromatic rings. The third-order valence-corrected chi connectivity index (χ3v) is 5.05. The van der Waals surface area contributed by atoms with Crippen molar-refractivity contribution in [2.45, 2.75) is 4.90 Å². The van der Waals surface area contributed by atoms with Gasteiger partial charge in [-0.3, -0.25) is 4.90 Å². The molecule has 0 unspecified atom stereocenters. The fraction of sp³-hybridized carbons (Fsp3) is 0.182. The summed E-state index contributed by atoms with van der Waals surface area (Å²) in [5.74, 6) is -1.56. The molecule has 2 N–H and O–H groups in total. The zero-order valence-electron chi connectivity index (χ0n) is 12.3. The number of nitrogens with one attached hydrogen (secondary N) is 1. The summed E-state index contributed by atoms with van der Waals surface area (Å²) in [5, 5.41) is 10.3. The average molecular weight is 373 g/mol. The van der Waals surface area contributed by atoms with E-state index in [0.717, 1.165) is 28.6 Å². The number of carbonyl (C=O) groups excluding carboxylic acids is 1. The Hall–Kier alpha value is -2.80. The Morgan fingerprint density at radius 1 is 1.38 bits per heavy atom. The topological polar surface area (TPSA) is 152 Å². The molecular formula is C11H11N5O6S2. The first-order chi connectivity index (χ1) is 11.3. The predicted molar refractivity (Wildman–Crippen MR) is 81.8 cm³/mol. The fourth-order valence-electron chi connectivity index (χ4n) is 1.53. The maximum atomic E-state index is 12.2. The van der Waals surface area contributed by atoms with Gasteiger partial charge in [0.25, 0.3) is 10.0 Å². The van der Waals surface area contributed by atoms with E-state index in [1.807, 2.05) is 0 Å². The standard InChI is InChI=1S/C11H11N5O6S2/c1-16(9-12-5-13-10(14-9)22-2)11(19)15-24(20,21)6-3-4-23-7(6)8(17)18/h3-5H,1-2H3,(H,15,19)(H,17,18). The van der Waals surface area contributed by atoms with E-state index in [1.54, 1.807) is 4.72 Å². The Balaban J connectivity index is 2.24. The molecule has 11 nitrogen and oxygen atoms in total. The number of sulfonamides is 1. The SMILES string of the molecule is COc1ncnc(N(C)C(=O)NS(=O)(=O)c2ccsc2C(=O)O)n1. The molecule has 0 radical (unpaired) electrons. The number of anilines is 1.